The summed E-state index contributed by atoms with van der Waals surface area (Å²) in [6.45, 7) is 4.44. The van der Waals surface area contributed by atoms with E-state index in [1.54, 1.807) is 19.4 Å². The predicted molar refractivity (Wildman–Crippen MR) is 117 cm³/mol. The van der Waals surface area contributed by atoms with Crippen LogP contribution in [0.15, 0.2) is 73.1 Å². The second-order valence-corrected chi connectivity index (χ2v) is 7.49. The number of piperazine rings is 1. The van der Waals surface area contributed by atoms with Crippen LogP contribution in [-0.4, -0.2) is 53.9 Å². The summed E-state index contributed by atoms with van der Waals surface area (Å²) in [7, 11) is 1.68. The maximum Gasteiger partial charge on any atom is 0.246 e. The number of hydrogen-bond acceptors (Lipinski definition) is 3. The Bertz CT molecular complexity index is 988. The summed E-state index contributed by atoms with van der Waals surface area (Å²) in [6.07, 6.45) is 7.19. The van der Waals surface area contributed by atoms with Crippen LogP contribution in [0.25, 0.3) is 11.8 Å². The van der Waals surface area contributed by atoms with Crippen LogP contribution in [0.5, 0.6) is 5.75 Å². The van der Waals surface area contributed by atoms with Gasteiger partial charge in [-0.15, -0.1) is 0 Å². The number of rotatable bonds is 6. The lowest BCUT2D eigenvalue weighted by Gasteiger charge is -2.31. The minimum absolute atomic E-state index is 0.0611. The maximum absolute atomic E-state index is 12.6. The molecule has 0 bridgehead atoms. The van der Waals surface area contributed by atoms with E-state index in [1.165, 1.54) is 10.5 Å². The zero-order valence-electron chi connectivity index (χ0n) is 17.2. The van der Waals surface area contributed by atoms with Gasteiger partial charge in [0.2, 0.25) is 5.91 Å². The van der Waals surface area contributed by atoms with Crippen LogP contribution in [-0.2, 0) is 11.3 Å². The van der Waals surface area contributed by atoms with Crippen molar-refractivity contribution < 1.29 is 14.4 Å². The molecule has 0 unspecified atom stereocenters. The predicted octanol–water partition coefficient (Wildman–Crippen LogP) is 1.82. The van der Waals surface area contributed by atoms with E-state index in [2.05, 4.69) is 17.2 Å². The SMILES string of the molecule is COc1ccc(C[NH+]2CCN(C(=O)/C=C/c3cnn(-c4ccccc4)c3)CC2)cc1. The molecule has 1 amide bonds. The highest BCUT2D eigenvalue weighted by atomic mass is 16.5. The van der Waals surface area contributed by atoms with Crippen molar-refractivity contribution in [2.75, 3.05) is 33.3 Å². The normalized spacial score (nSPS) is 14.9. The molecule has 3 aromatic rings. The number of para-hydroxylation sites is 1. The van der Waals surface area contributed by atoms with Gasteiger partial charge >= 0.3 is 0 Å². The van der Waals surface area contributed by atoms with E-state index in [9.17, 15) is 4.79 Å². The monoisotopic (exact) mass is 403 g/mol. The fraction of sp³-hybridized carbons (Fsp3) is 0.250. The molecule has 0 radical (unpaired) electrons. The summed E-state index contributed by atoms with van der Waals surface area (Å²) in [4.78, 5) is 16.0. The van der Waals surface area contributed by atoms with Crippen LogP contribution in [0.2, 0.25) is 0 Å². The molecule has 154 valence electrons. The van der Waals surface area contributed by atoms with E-state index in [1.807, 2.05) is 64.3 Å². The van der Waals surface area contributed by atoms with Crippen LogP contribution in [0.4, 0.5) is 0 Å². The third kappa shape index (κ3) is 4.96. The highest BCUT2D eigenvalue weighted by molar-refractivity contribution is 5.91. The van der Waals surface area contributed by atoms with Crippen molar-refractivity contribution in [1.82, 2.24) is 14.7 Å². The van der Waals surface area contributed by atoms with Crippen molar-refractivity contribution in [3.63, 3.8) is 0 Å². The van der Waals surface area contributed by atoms with Gasteiger partial charge in [0.15, 0.2) is 0 Å². The van der Waals surface area contributed by atoms with Crippen LogP contribution in [0.3, 0.4) is 0 Å². The smallest absolute Gasteiger partial charge is 0.246 e. The number of benzene rings is 2. The summed E-state index contributed by atoms with van der Waals surface area (Å²) < 4.78 is 7.03. The van der Waals surface area contributed by atoms with Gasteiger partial charge in [-0.1, -0.05) is 18.2 Å². The number of methoxy groups -OCH3 is 1. The van der Waals surface area contributed by atoms with Crippen LogP contribution >= 0.6 is 0 Å². The number of hydrogen-bond donors (Lipinski definition) is 1. The van der Waals surface area contributed by atoms with Crippen molar-refractivity contribution in [2.45, 2.75) is 6.54 Å². The number of carbonyl (C=O) groups excluding carboxylic acids is 1. The van der Waals surface area contributed by atoms with Crippen molar-refractivity contribution in [2.24, 2.45) is 0 Å². The number of carbonyl (C=O) groups is 1. The minimum atomic E-state index is 0.0611. The van der Waals surface area contributed by atoms with Crippen LogP contribution < -0.4 is 9.64 Å². The molecular formula is C24H27N4O2+. The van der Waals surface area contributed by atoms with Gasteiger partial charge in [-0.2, -0.15) is 5.10 Å². The molecule has 6 nitrogen and oxygen atoms in total. The van der Waals surface area contributed by atoms with Gasteiger partial charge in [0, 0.05) is 23.4 Å². The number of quaternary nitrogens is 1. The number of ether oxygens (including phenoxy) is 1. The molecule has 4 rings (SSSR count). The number of aromatic nitrogens is 2. The summed E-state index contributed by atoms with van der Waals surface area (Å²) in [5.74, 6) is 0.941. The maximum atomic E-state index is 12.6. The summed E-state index contributed by atoms with van der Waals surface area (Å²) in [5, 5.41) is 4.37. The molecule has 6 heteroatoms. The highest BCUT2D eigenvalue weighted by Gasteiger charge is 2.22. The second-order valence-electron chi connectivity index (χ2n) is 7.49. The Kier molecular flexibility index (Phi) is 6.25. The molecular weight excluding hydrogens is 376 g/mol. The minimum Gasteiger partial charge on any atom is -0.497 e. The Morgan fingerprint density at radius 1 is 1.10 bits per heavy atom. The molecule has 30 heavy (non-hydrogen) atoms. The first kappa shape index (κ1) is 19.9. The summed E-state index contributed by atoms with van der Waals surface area (Å²) >= 11 is 0. The average Bonchev–Trinajstić information content (AvgIpc) is 3.28. The van der Waals surface area contributed by atoms with Gasteiger partial charge in [0.25, 0.3) is 0 Å². The number of nitrogens with zero attached hydrogens (tertiary/aromatic N) is 3. The fourth-order valence-corrected chi connectivity index (χ4v) is 3.67. The van der Waals surface area contributed by atoms with Gasteiger partial charge in [0.05, 0.1) is 45.2 Å². The lowest BCUT2D eigenvalue weighted by Crippen LogP contribution is -3.13. The Morgan fingerprint density at radius 3 is 2.53 bits per heavy atom. The quantitative estimate of drug-likeness (QED) is 0.639. The van der Waals surface area contributed by atoms with Crippen molar-refractivity contribution >= 4 is 12.0 Å². The third-order valence-corrected chi connectivity index (χ3v) is 5.44. The summed E-state index contributed by atoms with van der Waals surface area (Å²) in [6, 6.07) is 18.2. The standard InChI is InChI=1S/C24H26N4O2/c1-30-23-10-7-20(8-11-23)18-26-13-15-27(16-14-26)24(29)12-9-21-17-25-28(19-21)22-5-3-2-4-6-22/h2-12,17,19H,13-16,18H2,1H3/p+1/b12-9+. The van der Waals surface area contributed by atoms with E-state index in [4.69, 9.17) is 4.74 Å². The first-order chi connectivity index (χ1) is 14.7. The fourth-order valence-electron chi connectivity index (χ4n) is 3.67. The van der Waals surface area contributed by atoms with Gasteiger partial charge in [-0.3, -0.25) is 4.79 Å². The van der Waals surface area contributed by atoms with Gasteiger partial charge in [0.1, 0.15) is 12.3 Å². The molecule has 1 aliphatic heterocycles. The lowest BCUT2D eigenvalue weighted by atomic mass is 10.2. The molecule has 2 aromatic carbocycles. The topological polar surface area (TPSA) is 51.8 Å². The molecule has 1 saturated heterocycles. The average molecular weight is 404 g/mol. The van der Waals surface area contributed by atoms with Gasteiger partial charge in [-0.05, 0) is 42.5 Å². The second kappa shape index (κ2) is 9.41. The van der Waals surface area contributed by atoms with Crippen molar-refractivity contribution in [1.29, 1.82) is 0 Å². The Morgan fingerprint density at radius 2 is 1.83 bits per heavy atom. The molecule has 0 spiro atoms. The molecule has 0 aliphatic carbocycles. The number of amides is 1. The Balaban J connectivity index is 1.27. The molecule has 2 heterocycles. The lowest BCUT2D eigenvalue weighted by molar-refractivity contribution is -0.917. The number of nitrogens with one attached hydrogen (secondary N) is 1. The first-order valence-corrected chi connectivity index (χ1v) is 10.2. The third-order valence-electron chi connectivity index (χ3n) is 5.44. The van der Waals surface area contributed by atoms with E-state index in [-0.39, 0.29) is 5.91 Å². The molecule has 0 atom stereocenters. The molecule has 1 fully saturated rings. The largest absolute Gasteiger partial charge is 0.497 e. The first-order valence-electron chi connectivity index (χ1n) is 10.2. The molecule has 0 saturated carbocycles. The Labute approximate surface area is 177 Å². The van der Waals surface area contributed by atoms with Crippen LogP contribution in [0, 0.1) is 0 Å². The molecule has 1 N–H and O–H groups in total. The zero-order valence-corrected chi connectivity index (χ0v) is 17.2. The van der Waals surface area contributed by atoms with E-state index in [0.29, 0.717) is 0 Å². The van der Waals surface area contributed by atoms with E-state index < -0.39 is 0 Å². The van der Waals surface area contributed by atoms with Crippen molar-refractivity contribution in [3.8, 4) is 11.4 Å². The molecule has 1 aromatic heterocycles. The van der Waals surface area contributed by atoms with E-state index in [0.717, 1.165) is 49.7 Å². The Hall–Kier alpha value is -3.38. The van der Waals surface area contributed by atoms with Crippen molar-refractivity contribution in [3.05, 3.63) is 84.2 Å². The molecule has 1 aliphatic rings. The van der Waals surface area contributed by atoms with Gasteiger partial charge in [-0.25, -0.2) is 4.68 Å². The summed E-state index contributed by atoms with van der Waals surface area (Å²) in [5.41, 5.74) is 3.20. The van der Waals surface area contributed by atoms with Gasteiger partial charge < -0.3 is 14.5 Å². The van der Waals surface area contributed by atoms with Crippen LogP contribution in [0.1, 0.15) is 11.1 Å². The van der Waals surface area contributed by atoms with E-state index >= 15 is 0 Å². The zero-order chi connectivity index (χ0) is 20.8. The highest BCUT2D eigenvalue weighted by Crippen LogP contribution is 2.11.